The number of rotatable bonds is 4. The summed E-state index contributed by atoms with van der Waals surface area (Å²) in [5, 5.41) is 0. The minimum atomic E-state index is 0.541. The molecule has 0 unspecified atom stereocenters. The number of nitrogens with zero attached hydrogens (tertiary/aromatic N) is 1. The second-order valence-corrected chi connectivity index (χ2v) is 5.43. The Hall–Kier alpha value is -0.990. The van der Waals surface area contributed by atoms with E-state index in [1.807, 2.05) is 18.2 Å². The molecule has 2 aromatic carbocycles. The molecule has 0 heterocycles. The van der Waals surface area contributed by atoms with Crippen LogP contribution in [-0.2, 0) is 12.4 Å². The molecule has 0 N–H and O–H groups in total. The molecule has 0 saturated heterocycles. The van der Waals surface area contributed by atoms with E-state index in [0.29, 0.717) is 5.88 Å². The average Bonchev–Trinajstić information content (AvgIpc) is 2.38. The maximum absolute atomic E-state index is 5.97. The normalized spacial score (nSPS) is 10.4. The monoisotopic (exact) mass is 323 g/mol. The molecule has 0 saturated carbocycles. The number of hydrogen-bond donors (Lipinski definition) is 0. The van der Waals surface area contributed by atoms with Crippen molar-refractivity contribution < 1.29 is 0 Å². The smallest absolute Gasteiger partial charge is 0.0494 e. The number of alkyl halides is 1. The van der Waals surface area contributed by atoms with Crippen molar-refractivity contribution in [1.29, 1.82) is 0 Å². The van der Waals surface area contributed by atoms with Gasteiger partial charge in [-0.25, -0.2) is 0 Å². The number of para-hydroxylation sites is 1. The van der Waals surface area contributed by atoms with E-state index < -0.39 is 0 Å². The van der Waals surface area contributed by atoms with Gasteiger partial charge < -0.3 is 4.90 Å². The van der Waals surface area contributed by atoms with Crippen molar-refractivity contribution in [3.63, 3.8) is 0 Å². The first-order chi connectivity index (χ1) is 8.70. The lowest BCUT2D eigenvalue weighted by atomic mass is 10.1. The van der Waals surface area contributed by atoms with Crippen LogP contribution in [0.15, 0.2) is 53.0 Å². The van der Waals surface area contributed by atoms with Crippen molar-refractivity contribution in [3.05, 3.63) is 64.1 Å². The van der Waals surface area contributed by atoms with Gasteiger partial charge in [-0.3, -0.25) is 0 Å². The summed E-state index contributed by atoms with van der Waals surface area (Å²) in [5.41, 5.74) is 3.63. The first kappa shape index (κ1) is 13.4. The summed E-state index contributed by atoms with van der Waals surface area (Å²) in [6.45, 7) is 0.868. The van der Waals surface area contributed by atoms with Crippen LogP contribution in [0.4, 0.5) is 5.69 Å². The van der Waals surface area contributed by atoms with Crippen molar-refractivity contribution in [2.45, 2.75) is 12.4 Å². The SMILES string of the molecule is CN(Cc1cccc(Br)c1)c1ccccc1CCl. The summed E-state index contributed by atoms with van der Waals surface area (Å²) in [4.78, 5) is 2.22. The van der Waals surface area contributed by atoms with Gasteiger partial charge in [-0.1, -0.05) is 46.3 Å². The predicted octanol–water partition coefficient (Wildman–Crippen LogP) is 4.82. The molecular weight excluding hydrogens is 310 g/mol. The zero-order valence-electron chi connectivity index (χ0n) is 10.2. The minimum Gasteiger partial charge on any atom is -0.370 e. The van der Waals surface area contributed by atoms with E-state index in [4.69, 9.17) is 11.6 Å². The van der Waals surface area contributed by atoms with Gasteiger partial charge in [0.1, 0.15) is 0 Å². The molecule has 94 valence electrons. The Morgan fingerprint density at radius 1 is 1.11 bits per heavy atom. The lowest BCUT2D eigenvalue weighted by Crippen LogP contribution is -2.17. The highest BCUT2D eigenvalue weighted by molar-refractivity contribution is 9.10. The summed E-state index contributed by atoms with van der Waals surface area (Å²) in [7, 11) is 2.09. The van der Waals surface area contributed by atoms with Gasteiger partial charge in [0.05, 0.1) is 0 Å². The van der Waals surface area contributed by atoms with Gasteiger partial charge in [0.15, 0.2) is 0 Å². The Bertz CT molecular complexity index is 527. The maximum Gasteiger partial charge on any atom is 0.0494 e. The fourth-order valence-corrected chi connectivity index (χ4v) is 2.66. The maximum atomic E-state index is 5.97. The Balaban J connectivity index is 2.19. The zero-order valence-corrected chi connectivity index (χ0v) is 12.6. The number of anilines is 1. The molecule has 0 amide bonds. The molecule has 0 fully saturated rings. The number of hydrogen-bond acceptors (Lipinski definition) is 1. The van der Waals surface area contributed by atoms with E-state index in [-0.39, 0.29) is 0 Å². The predicted molar refractivity (Wildman–Crippen MR) is 82.2 cm³/mol. The molecular formula is C15H15BrClN. The molecule has 0 atom stereocenters. The quantitative estimate of drug-likeness (QED) is 0.729. The van der Waals surface area contributed by atoms with Gasteiger partial charge in [0.2, 0.25) is 0 Å². The van der Waals surface area contributed by atoms with Crippen LogP contribution >= 0.6 is 27.5 Å². The van der Waals surface area contributed by atoms with Crippen molar-refractivity contribution in [3.8, 4) is 0 Å². The van der Waals surface area contributed by atoms with Gasteiger partial charge >= 0.3 is 0 Å². The van der Waals surface area contributed by atoms with Crippen LogP contribution in [0.1, 0.15) is 11.1 Å². The first-order valence-corrected chi connectivity index (χ1v) is 7.13. The molecule has 3 heteroatoms. The van der Waals surface area contributed by atoms with Gasteiger partial charge in [0, 0.05) is 29.6 Å². The van der Waals surface area contributed by atoms with E-state index in [1.165, 1.54) is 11.3 Å². The van der Waals surface area contributed by atoms with E-state index in [9.17, 15) is 0 Å². The Morgan fingerprint density at radius 3 is 2.61 bits per heavy atom. The summed E-state index contributed by atoms with van der Waals surface area (Å²) < 4.78 is 1.11. The third-order valence-corrected chi connectivity index (χ3v) is 3.64. The Morgan fingerprint density at radius 2 is 1.89 bits per heavy atom. The second-order valence-electron chi connectivity index (χ2n) is 4.25. The summed E-state index contributed by atoms with van der Waals surface area (Å²) >= 11 is 9.47. The minimum absolute atomic E-state index is 0.541. The van der Waals surface area contributed by atoms with Crippen molar-refractivity contribution >= 4 is 33.2 Å². The fraction of sp³-hybridized carbons (Fsp3) is 0.200. The number of halogens is 2. The van der Waals surface area contributed by atoms with Crippen LogP contribution in [0.3, 0.4) is 0 Å². The third-order valence-electron chi connectivity index (χ3n) is 2.86. The molecule has 2 aromatic rings. The van der Waals surface area contributed by atoms with E-state index in [0.717, 1.165) is 16.6 Å². The van der Waals surface area contributed by atoms with Crippen LogP contribution in [0, 0.1) is 0 Å². The molecule has 0 aromatic heterocycles. The van der Waals surface area contributed by atoms with E-state index in [2.05, 4.69) is 58.2 Å². The molecule has 1 nitrogen and oxygen atoms in total. The lowest BCUT2D eigenvalue weighted by Gasteiger charge is -2.22. The number of benzene rings is 2. The van der Waals surface area contributed by atoms with Gasteiger partial charge in [-0.15, -0.1) is 11.6 Å². The van der Waals surface area contributed by atoms with Crippen LogP contribution in [0.2, 0.25) is 0 Å². The summed E-state index contributed by atoms with van der Waals surface area (Å²) in [6.07, 6.45) is 0. The van der Waals surface area contributed by atoms with Crippen LogP contribution in [-0.4, -0.2) is 7.05 Å². The largest absolute Gasteiger partial charge is 0.370 e. The van der Waals surface area contributed by atoms with Gasteiger partial charge in [-0.05, 0) is 29.3 Å². The average molecular weight is 325 g/mol. The van der Waals surface area contributed by atoms with E-state index in [1.54, 1.807) is 0 Å². The van der Waals surface area contributed by atoms with Crippen molar-refractivity contribution in [2.24, 2.45) is 0 Å². The highest BCUT2D eigenvalue weighted by Gasteiger charge is 2.06. The van der Waals surface area contributed by atoms with Crippen molar-refractivity contribution in [1.82, 2.24) is 0 Å². The van der Waals surface area contributed by atoms with Gasteiger partial charge in [0.25, 0.3) is 0 Å². The topological polar surface area (TPSA) is 3.24 Å². The van der Waals surface area contributed by atoms with E-state index >= 15 is 0 Å². The third kappa shape index (κ3) is 3.27. The van der Waals surface area contributed by atoms with Crippen molar-refractivity contribution in [2.75, 3.05) is 11.9 Å². The van der Waals surface area contributed by atoms with Crippen LogP contribution in [0.5, 0.6) is 0 Å². The zero-order chi connectivity index (χ0) is 13.0. The molecule has 0 aliphatic carbocycles. The Labute approximate surface area is 122 Å². The second kappa shape index (κ2) is 6.26. The standard InChI is InChI=1S/C15H15BrClN/c1-18(11-12-5-4-7-14(16)9-12)15-8-3-2-6-13(15)10-17/h2-9H,10-11H2,1H3. The lowest BCUT2D eigenvalue weighted by molar-refractivity contribution is 0.915. The fourth-order valence-electron chi connectivity index (χ4n) is 1.99. The molecule has 0 radical (unpaired) electrons. The van der Waals surface area contributed by atoms with Crippen LogP contribution in [0.25, 0.3) is 0 Å². The molecule has 0 aliphatic rings. The van der Waals surface area contributed by atoms with Gasteiger partial charge in [-0.2, -0.15) is 0 Å². The molecule has 0 aliphatic heterocycles. The molecule has 0 spiro atoms. The Kier molecular flexibility index (Phi) is 4.67. The highest BCUT2D eigenvalue weighted by atomic mass is 79.9. The van der Waals surface area contributed by atoms with Crippen LogP contribution < -0.4 is 4.90 Å². The summed E-state index contributed by atoms with van der Waals surface area (Å²) in [5.74, 6) is 0.541. The molecule has 0 bridgehead atoms. The first-order valence-electron chi connectivity index (χ1n) is 5.80. The molecule has 18 heavy (non-hydrogen) atoms. The summed E-state index contributed by atoms with van der Waals surface area (Å²) in [6, 6.07) is 16.6. The molecule has 2 rings (SSSR count). The highest BCUT2D eigenvalue weighted by Crippen LogP contribution is 2.23.